The summed E-state index contributed by atoms with van der Waals surface area (Å²) in [4.78, 5) is 41.8. The third-order valence-corrected chi connectivity index (χ3v) is 5.01. The molecule has 2 heterocycles. The Bertz CT molecular complexity index is 1070. The normalized spacial score (nSPS) is 16.1. The molecule has 2 aromatic carbocycles. The van der Waals surface area contributed by atoms with Gasteiger partial charge in [-0.3, -0.25) is 25.2 Å². The standard InChI is InChI=1S/C21H20N4O4/c1-29-15-8-6-14(7-9-15)25-12-13(10-19(25)26)20(27)23-24-21(28)17-11-22-18-5-3-2-4-16(17)18/h2-9,11,13,22H,10,12H2,1H3,(H,23,27)(H,24,28). The molecule has 3 amide bonds. The molecule has 0 saturated carbocycles. The van der Waals surface area contributed by atoms with E-state index in [1.165, 1.54) is 0 Å². The highest BCUT2D eigenvalue weighted by Gasteiger charge is 2.35. The van der Waals surface area contributed by atoms with Crippen LogP contribution in [0.25, 0.3) is 10.9 Å². The van der Waals surface area contributed by atoms with E-state index in [1.807, 2.05) is 24.3 Å². The molecule has 1 aromatic heterocycles. The molecule has 0 bridgehead atoms. The van der Waals surface area contributed by atoms with Gasteiger partial charge in [0.15, 0.2) is 0 Å². The summed E-state index contributed by atoms with van der Waals surface area (Å²) in [6.07, 6.45) is 1.68. The number of hydrogen-bond acceptors (Lipinski definition) is 4. The quantitative estimate of drug-likeness (QED) is 0.591. The van der Waals surface area contributed by atoms with Gasteiger partial charge in [0.1, 0.15) is 5.75 Å². The van der Waals surface area contributed by atoms with Crippen molar-refractivity contribution in [2.45, 2.75) is 6.42 Å². The van der Waals surface area contributed by atoms with Gasteiger partial charge in [0.2, 0.25) is 11.8 Å². The van der Waals surface area contributed by atoms with Gasteiger partial charge in [-0.1, -0.05) is 18.2 Å². The average Bonchev–Trinajstić information content (AvgIpc) is 3.35. The number of nitrogens with zero attached hydrogens (tertiary/aromatic N) is 1. The summed E-state index contributed by atoms with van der Waals surface area (Å²) in [6.45, 7) is 0.250. The van der Waals surface area contributed by atoms with Crippen molar-refractivity contribution in [3.8, 4) is 5.75 Å². The summed E-state index contributed by atoms with van der Waals surface area (Å²) < 4.78 is 5.12. The van der Waals surface area contributed by atoms with E-state index in [4.69, 9.17) is 4.74 Å². The maximum Gasteiger partial charge on any atom is 0.271 e. The van der Waals surface area contributed by atoms with E-state index in [2.05, 4.69) is 15.8 Å². The Hall–Kier alpha value is -3.81. The molecule has 1 aliphatic heterocycles. The number of carbonyl (C=O) groups excluding carboxylic acids is 3. The van der Waals surface area contributed by atoms with Crippen LogP contribution >= 0.6 is 0 Å². The van der Waals surface area contributed by atoms with Crippen LogP contribution in [0, 0.1) is 5.92 Å². The predicted octanol–water partition coefficient (Wildman–Crippen LogP) is 1.99. The molecule has 1 aliphatic rings. The molecule has 1 atom stereocenters. The fourth-order valence-electron chi connectivity index (χ4n) is 3.44. The molecular weight excluding hydrogens is 372 g/mol. The summed E-state index contributed by atoms with van der Waals surface area (Å²) in [6, 6.07) is 14.5. The second-order valence-electron chi connectivity index (χ2n) is 6.79. The van der Waals surface area contributed by atoms with Crippen LogP contribution < -0.4 is 20.5 Å². The van der Waals surface area contributed by atoms with Crippen molar-refractivity contribution in [2.75, 3.05) is 18.6 Å². The highest BCUT2D eigenvalue weighted by atomic mass is 16.5. The molecular formula is C21H20N4O4. The van der Waals surface area contributed by atoms with Gasteiger partial charge in [0.25, 0.3) is 5.91 Å². The first-order valence-corrected chi connectivity index (χ1v) is 9.17. The van der Waals surface area contributed by atoms with E-state index in [0.717, 1.165) is 10.9 Å². The first-order valence-electron chi connectivity index (χ1n) is 9.17. The van der Waals surface area contributed by atoms with Gasteiger partial charge in [-0.05, 0) is 30.3 Å². The second-order valence-corrected chi connectivity index (χ2v) is 6.79. The molecule has 1 fully saturated rings. The minimum Gasteiger partial charge on any atom is -0.497 e. The van der Waals surface area contributed by atoms with Crippen LogP contribution in [0.2, 0.25) is 0 Å². The summed E-state index contributed by atoms with van der Waals surface area (Å²) >= 11 is 0. The van der Waals surface area contributed by atoms with Crippen LogP contribution in [0.3, 0.4) is 0 Å². The topological polar surface area (TPSA) is 104 Å². The Balaban J connectivity index is 1.37. The molecule has 0 radical (unpaired) electrons. The zero-order valence-electron chi connectivity index (χ0n) is 15.8. The van der Waals surface area contributed by atoms with E-state index in [9.17, 15) is 14.4 Å². The summed E-state index contributed by atoms with van der Waals surface area (Å²) in [5, 5.41) is 0.765. The first-order chi connectivity index (χ1) is 14.1. The summed E-state index contributed by atoms with van der Waals surface area (Å²) in [5.41, 5.74) is 6.84. The number of nitrogens with one attached hydrogen (secondary N) is 3. The minimum atomic E-state index is -0.548. The smallest absolute Gasteiger partial charge is 0.271 e. The number of ether oxygens (including phenoxy) is 1. The van der Waals surface area contributed by atoms with Crippen molar-refractivity contribution in [3.63, 3.8) is 0 Å². The van der Waals surface area contributed by atoms with Gasteiger partial charge >= 0.3 is 0 Å². The van der Waals surface area contributed by atoms with Gasteiger partial charge in [0.05, 0.1) is 18.6 Å². The molecule has 0 aliphatic carbocycles. The molecule has 8 heteroatoms. The van der Waals surface area contributed by atoms with E-state index < -0.39 is 17.7 Å². The summed E-state index contributed by atoms with van der Waals surface area (Å²) in [7, 11) is 1.57. The lowest BCUT2D eigenvalue weighted by Crippen LogP contribution is -2.45. The molecule has 3 aromatic rings. The zero-order chi connectivity index (χ0) is 20.4. The average molecular weight is 392 g/mol. The number of anilines is 1. The fourth-order valence-corrected chi connectivity index (χ4v) is 3.44. The highest BCUT2D eigenvalue weighted by molar-refractivity contribution is 6.07. The second kappa shape index (κ2) is 7.67. The number of methoxy groups -OCH3 is 1. The van der Waals surface area contributed by atoms with Crippen molar-refractivity contribution in [1.82, 2.24) is 15.8 Å². The lowest BCUT2D eigenvalue weighted by atomic mass is 10.1. The fraction of sp³-hybridized carbons (Fsp3) is 0.190. The number of H-pyrrole nitrogens is 1. The molecule has 29 heavy (non-hydrogen) atoms. The van der Waals surface area contributed by atoms with Crippen molar-refractivity contribution >= 4 is 34.3 Å². The molecule has 8 nitrogen and oxygen atoms in total. The highest BCUT2D eigenvalue weighted by Crippen LogP contribution is 2.27. The van der Waals surface area contributed by atoms with Crippen LogP contribution in [-0.4, -0.2) is 36.4 Å². The van der Waals surface area contributed by atoms with Crippen molar-refractivity contribution < 1.29 is 19.1 Å². The Morgan fingerprint density at radius 1 is 1.10 bits per heavy atom. The number of fused-ring (bicyclic) bond motifs is 1. The molecule has 148 valence electrons. The predicted molar refractivity (Wildman–Crippen MR) is 107 cm³/mol. The molecule has 4 rings (SSSR count). The monoisotopic (exact) mass is 392 g/mol. The maximum absolute atomic E-state index is 12.5. The third kappa shape index (κ3) is 3.64. The zero-order valence-corrected chi connectivity index (χ0v) is 15.8. The van der Waals surface area contributed by atoms with E-state index in [-0.39, 0.29) is 18.9 Å². The van der Waals surface area contributed by atoms with Crippen LogP contribution in [0.1, 0.15) is 16.8 Å². The summed E-state index contributed by atoms with van der Waals surface area (Å²) in [5.74, 6) is -0.824. The number of benzene rings is 2. The van der Waals surface area contributed by atoms with Gasteiger partial charge in [-0.25, -0.2) is 0 Å². The number of para-hydroxylation sites is 1. The largest absolute Gasteiger partial charge is 0.497 e. The van der Waals surface area contributed by atoms with Crippen LogP contribution in [0.5, 0.6) is 5.75 Å². The SMILES string of the molecule is COc1ccc(N2CC(C(=O)NNC(=O)c3c[nH]c4ccccc34)CC2=O)cc1. The Kier molecular flexibility index (Phi) is 4.90. The first kappa shape index (κ1) is 18.5. The molecule has 3 N–H and O–H groups in total. The van der Waals surface area contributed by atoms with Crippen LogP contribution in [0.15, 0.2) is 54.7 Å². The molecule has 1 saturated heterocycles. The maximum atomic E-state index is 12.5. The Labute approximate surface area is 166 Å². The number of hydrazine groups is 1. The number of amides is 3. The van der Waals surface area contributed by atoms with E-state index >= 15 is 0 Å². The molecule has 0 spiro atoms. The van der Waals surface area contributed by atoms with Crippen LogP contribution in [-0.2, 0) is 9.59 Å². The van der Waals surface area contributed by atoms with Crippen molar-refractivity contribution in [1.29, 1.82) is 0 Å². The van der Waals surface area contributed by atoms with Crippen LogP contribution in [0.4, 0.5) is 5.69 Å². The van der Waals surface area contributed by atoms with E-state index in [1.54, 1.807) is 42.5 Å². The lowest BCUT2D eigenvalue weighted by Gasteiger charge is -2.17. The number of aromatic nitrogens is 1. The van der Waals surface area contributed by atoms with E-state index in [0.29, 0.717) is 17.0 Å². The van der Waals surface area contributed by atoms with Gasteiger partial charge in [0, 0.05) is 35.8 Å². The number of rotatable bonds is 4. The lowest BCUT2D eigenvalue weighted by molar-refractivity contribution is -0.126. The number of hydrogen-bond donors (Lipinski definition) is 3. The third-order valence-electron chi connectivity index (χ3n) is 5.01. The van der Waals surface area contributed by atoms with Gasteiger partial charge in [-0.15, -0.1) is 0 Å². The minimum absolute atomic E-state index is 0.0841. The molecule has 1 unspecified atom stereocenters. The van der Waals surface area contributed by atoms with Gasteiger partial charge < -0.3 is 14.6 Å². The van der Waals surface area contributed by atoms with Crippen molar-refractivity contribution in [2.24, 2.45) is 5.92 Å². The Morgan fingerprint density at radius 2 is 1.86 bits per heavy atom. The Morgan fingerprint density at radius 3 is 2.62 bits per heavy atom. The number of carbonyl (C=O) groups is 3. The van der Waals surface area contributed by atoms with Gasteiger partial charge in [-0.2, -0.15) is 0 Å². The van der Waals surface area contributed by atoms with Crippen molar-refractivity contribution in [3.05, 3.63) is 60.3 Å². The number of aromatic amines is 1.